The van der Waals surface area contributed by atoms with E-state index in [0.29, 0.717) is 6.54 Å². The number of nitrogens with one attached hydrogen (secondary N) is 1. The summed E-state index contributed by atoms with van der Waals surface area (Å²) in [5.41, 5.74) is 6.23. The van der Waals surface area contributed by atoms with E-state index in [9.17, 15) is 4.79 Å². The molecular formula is C8H14N4O. The second-order valence-corrected chi connectivity index (χ2v) is 2.98. The van der Waals surface area contributed by atoms with Gasteiger partial charge in [0.15, 0.2) is 0 Å². The molecule has 0 fully saturated rings. The van der Waals surface area contributed by atoms with Crippen molar-refractivity contribution in [2.75, 3.05) is 7.05 Å². The monoisotopic (exact) mass is 182 g/mol. The number of carbonyl (C=O) groups excluding carboxylic acids is 1. The van der Waals surface area contributed by atoms with Crippen LogP contribution < -0.4 is 11.1 Å². The molecule has 1 unspecified atom stereocenters. The molecule has 3 N–H and O–H groups in total. The third kappa shape index (κ3) is 2.55. The number of hydrogen-bond acceptors (Lipinski definition) is 3. The first kappa shape index (κ1) is 9.73. The molecule has 1 amide bonds. The largest absolute Gasteiger partial charge is 0.368 e. The van der Waals surface area contributed by atoms with Gasteiger partial charge in [0, 0.05) is 6.20 Å². The van der Waals surface area contributed by atoms with E-state index >= 15 is 0 Å². The minimum absolute atomic E-state index is 0.362. The Morgan fingerprint density at radius 3 is 2.92 bits per heavy atom. The molecule has 0 spiro atoms. The van der Waals surface area contributed by atoms with Gasteiger partial charge in [-0.15, -0.1) is 0 Å². The third-order valence-electron chi connectivity index (χ3n) is 1.82. The van der Waals surface area contributed by atoms with Crippen LogP contribution >= 0.6 is 0 Å². The number of rotatable bonds is 4. The summed E-state index contributed by atoms with van der Waals surface area (Å²) in [6, 6.07) is -0.362. The summed E-state index contributed by atoms with van der Waals surface area (Å²) in [6.45, 7) is 2.42. The van der Waals surface area contributed by atoms with Crippen molar-refractivity contribution in [2.24, 2.45) is 5.73 Å². The van der Waals surface area contributed by atoms with Crippen LogP contribution in [-0.2, 0) is 11.3 Å². The first-order chi connectivity index (χ1) is 6.13. The number of aromatic nitrogens is 2. The van der Waals surface area contributed by atoms with Gasteiger partial charge in [-0.3, -0.25) is 9.48 Å². The minimum atomic E-state index is -0.365. The molecule has 0 saturated carbocycles. The number of primary amides is 1. The van der Waals surface area contributed by atoms with E-state index in [4.69, 9.17) is 5.73 Å². The van der Waals surface area contributed by atoms with Gasteiger partial charge in [0.1, 0.15) is 6.04 Å². The number of nitrogens with two attached hydrogens (primary N) is 1. The van der Waals surface area contributed by atoms with Crippen LogP contribution in [0.1, 0.15) is 5.56 Å². The number of carbonyl (C=O) groups is 1. The van der Waals surface area contributed by atoms with E-state index in [-0.39, 0.29) is 11.9 Å². The first-order valence-electron chi connectivity index (χ1n) is 4.09. The zero-order valence-corrected chi connectivity index (χ0v) is 7.82. The van der Waals surface area contributed by atoms with Gasteiger partial charge in [-0.25, -0.2) is 0 Å². The topological polar surface area (TPSA) is 72.9 Å². The molecule has 5 nitrogen and oxygen atoms in total. The zero-order chi connectivity index (χ0) is 9.84. The number of likely N-dealkylation sites (N-methyl/N-ethyl adjacent to an activating group) is 1. The molecule has 1 atom stereocenters. The van der Waals surface area contributed by atoms with Crippen molar-refractivity contribution in [2.45, 2.75) is 19.5 Å². The first-order valence-corrected chi connectivity index (χ1v) is 4.09. The van der Waals surface area contributed by atoms with Crippen LogP contribution in [0.5, 0.6) is 0 Å². The lowest BCUT2D eigenvalue weighted by molar-refractivity contribution is -0.120. The summed E-state index contributed by atoms with van der Waals surface area (Å²) < 4.78 is 1.70. The fourth-order valence-electron chi connectivity index (χ4n) is 1.08. The van der Waals surface area contributed by atoms with Crippen LogP contribution in [0.15, 0.2) is 12.4 Å². The fraction of sp³-hybridized carbons (Fsp3) is 0.500. The van der Waals surface area contributed by atoms with Crippen molar-refractivity contribution in [3.8, 4) is 0 Å². The van der Waals surface area contributed by atoms with Crippen LogP contribution in [0.25, 0.3) is 0 Å². The molecule has 0 aliphatic rings. The Labute approximate surface area is 76.9 Å². The van der Waals surface area contributed by atoms with Gasteiger partial charge in [-0.05, 0) is 19.5 Å². The van der Waals surface area contributed by atoms with E-state index in [2.05, 4.69) is 10.4 Å². The Balaban J connectivity index is 2.61. The van der Waals surface area contributed by atoms with Crippen molar-refractivity contribution in [3.63, 3.8) is 0 Å². The number of hydrogen-bond donors (Lipinski definition) is 2. The minimum Gasteiger partial charge on any atom is -0.368 e. The highest BCUT2D eigenvalue weighted by Gasteiger charge is 2.12. The fourth-order valence-corrected chi connectivity index (χ4v) is 1.08. The van der Waals surface area contributed by atoms with Crippen molar-refractivity contribution in [1.29, 1.82) is 0 Å². The van der Waals surface area contributed by atoms with Crippen molar-refractivity contribution < 1.29 is 4.79 Å². The SMILES string of the molecule is CNC(Cn1cc(C)cn1)C(N)=O. The summed E-state index contributed by atoms with van der Waals surface area (Å²) in [7, 11) is 1.70. The molecule has 1 aromatic rings. The zero-order valence-electron chi connectivity index (χ0n) is 7.82. The van der Waals surface area contributed by atoms with E-state index < -0.39 is 0 Å². The molecule has 0 radical (unpaired) electrons. The van der Waals surface area contributed by atoms with Gasteiger partial charge in [0.25, 0.3) is 0 Å². The Kier molecular flexibility index (Phi) is 3.02. The summed E-state index contributed by atoms with van der Waals surface area (Å²) >= 11 is 0. The van der Waals surface area contributed by atoms with E-state index in [1.54, 1.807) is 17.9 Å². The maximum absolute atomic E-state index is 10.9. The molecule has 0 aliphatic heterocycles. The summed E-state index contributed by atoms with van der Waals surface area (Å²) in [6.07, 6.45) is 3.61. The van der Waals surface area contributed by atoms with Crippen LogP contribution in [0.3, 0.4) is 0 Å². The molecule has 72 valence electrons. The van der Waals surface area contributed by atoms with Crippen LogP contribution in [-0.4, -0.2) is 28.8 Å². The highest BCUT2D eigenvalue weighted by Crippen LogP contribution is 1.95. The summed E-state index contributed by atoms with van der Waals surface area (Å²) in [5, 5.41) is 6.88. The van der Waals surface area contributed by atoms with Crippen LogP contribution in [0.4, 0.5) is 0 Å². The van der Waals surface area contributed by atoms with Crippen LogP contribution in [0, 0.1) is 6.92 Å². The predicted molar refractivity (Wildman–Crippen MR) is 49.0 cm³/mol. The second kappa shape index (κ2) is 4.04. The molecule has 0 aliphatic carbocycles. The number of amides is 1. The third-order valence-corrected chi connectivity index (χ3v) is 1.82. The van der Waals surface area contributed by atoms with E-state index in [1.807, 2.05) is 13.1 Å². The number of aryl methyl sites for hydroxylation is 1. The summed E-state index contributed by atoms with van der Waals surface area (Å²) in [4.78, 5) is 10.9. The lowest BCUT2D eigenvalue weighted by Gasteiger charge is -2.11. The molecule has 1 heterocycles. The van der Waals surface area contributed by atoms with Gasteiger partial charge in [0.05, 0.1) is 12.7 Å². The molecule has 0 bridgehead atoms. The molecule has 13 heavy (non-hydrogen) atoms. The second-order valence-electron chi connectivity index (χ2n) is 2.98. The van der Waals surface area contributed by atoms with Gasteiger partial charge < -0.3 is 11.1 Å². The number of nitrogens with zero attached hydrogens (tertiary/aromatic N) is 2. The molecule has 5 heteroatoms. The quantitative estimate of drug-likeness (QED) is 0.644. The van der Waals surface area contributed by atoms with E-state index in [0.717, 1.165) is 5.56 Å². The lowest BCUT2D eigenvalue weighted by Crippen LogP contribution is -2.42. The van der Waals surface area contributed by atoms with Gasteiger partial charge in [-0.2, -0.15) is 5.10 Å². The van der Waals surface area contributed by atoms with Crippen LogP contribution in [0.2, 0.25) is 0 Å². The highest BCUT2D eigenvalue weighted by atomic mass is 16.1. The van der Waals surface area contributed by atoms with Crippen molar-refractivity contribution in [1.82, 2.24) is 15.1 Å². The Hall–Kier alpha value is -1.36. The van der Waals surface area contributed by atoms with Gasteiger partial charge in [0.2, 0.25) is 5.91 Å². The highest BCUT2D eigenvalue weighted by molar-refractivity contribution is 5.79. The predicted octanol–water partition coefficient (Wildman–Crippen LogP) is -0.735. The Bertz CT molecular complexity index is 294. The standard InChI is InChI=1S/C8H14N4O/c1-6-3-11-12(4-6)5-7(10-2)8(9)13/h3-4,7,10H,5H2,1-2H3,(H2,9,13). The van der Waals surface area contributed by atoms with E-state index in [1.165, 1.54) is 0 Å². The van der Waals surface area contributed by atoms with Crippen molar-refractivity contribution >= 4 is 5.91 Å². The van der Waals surface area contributed by atoms with Crippen molar-refractivity contribution in [3.05, 3.63) is 18.0 Å². The smallest absolute Gasteiger partial charge is 0.236 e. The molecular weight excluding hydrogens is 168 g/mol. The molecule has 0 saturated heterocycles. The average molecular weight is 182 g/mol. The summed E-state index contributed by atoms with van der Waals surface area (Å²) in [5.74, 6) is -0.365. The Morgan fingerprint density at radius 2 is 2.54 bits per heavy atom. The van der Waals surface area contributed by atoms with Gasteiger partial charge in [-0.1, -0.05) is 0 Å². The lowest BCUT2D eigenvalue weighted by atomic mass is 10.3. The Morgan fingerprint density at radius 1 is 1.85 bits per heavy atom. The maximum atomic E-state index is 10.9. The average Bonchev–Trinajstić information content (AvgIpc) is 2.46. The normalized spacial score (nSPS) is 12.8. The van der Waals surface area contributed by atoms with Gasteiger partial charge >= 0.3 is 0 Å². The molecule has 1 aromatic heterocycles. The molecule has 1 rings (SSSR count). The molecule has 0 aromatic carbocycles. The maximum Gasteiger partial charge on any atom is 0.236 e.